The van der Waals surface area contributed by atoms with Gasteiger partial charge in [-0.15, -0.1) is 4.68 Å². The van der Waals surface area contributed by atoms with Crippen LogP contribution in [0.2, 0.25) is 0 Å². The summed E-state index contributed by atoms with van der Waals surface area (Å²) in [7, 11) is 2.74. The van der Waals surface area contributed by atoms with Gasteiger partial charge in [0.25, 0.3) is 0 Å². The number of carbonyl (C=O) groups excluding carboxylic acids is 1. The molecule has 0 bridgehead atoms. The lowest BCUT2D eigenvalue weighted by atomic mass is 10.1. The topological polar surface area (TPSA) is 63.5 Å². The van der Waals surface area contributed by atoms with E-state index in [0.717, 1.165) is 17.2 Å². The Bertz CT molecular complexity index is 915. The van der Waals surface area contributed by atoms with Crippen molar-refractivity contribution in [2.75, 3.05) is 32.1 Å². The van der Waals surface area contributed by atoms with E-state index in [2.05, 4.69) is 10.1 Å². The number of nitrogens with zero attached hydrogens (tertiary/aromatic N) is 5. The Morgan fingerprint density at radius 2 is 1.74 bits per heavy atom. The molecule has 0 atom stereocenters. The normalized spacial score (nSPS) is 15.8. The molecule has 2 aromatic heterocycles. The van der Waals surface area contributed by atoms with E-state index < -0.39 is 35.7 Å². The van der Waals surface area contributed by atoms with Crippen LogP contribution < -0.4 is 9.64 Å². The first kappa shape index (κ1) is 22.7. The SMILES string of the molecule is CN(C)C(=O)n1nc(C(F)(F)F)cc1OC1CCN(c2ccc(C(F)(F)F)cn2)CC1. The molecule has 0 aromatic carbocycles. The molecule has 1 fully saturated rings. The highest BCUT2D eigenvalue weighted by atomic mass is 19.4. The first-order chi connectivity index (χ1) is 14.4. The van der Waals surface area contributed by atoms with Crippen molar-refractivity contribution in [3.63, 3.8) is 0 Å². The summed E-state index contributed by atoms with van der Waals surface area (Å²) < 4.78 is 83.3. The molecule has 7 nitrogen and oxygen atoms in total. The Morgan fingerprint density at radius 3 is 2.23 bits per heavy atom. The molecule has 1 amide bonds. The van der Waals surface area contributed by atoms with Crippen LogP contribution in [0.15, 0.2) is 24.4 Å². The summed E-state index contributed by atoms with van der Waals surface area (Å²) in [5.41, 5.74) is -2.10. The van der Waals surface area contributed by atoms with E-state index in [-0.39, 0.29) is 5.88 Å². The zero-order valence-corrected chi connectivity index (χ0v) is 16.5. The molecule has 1 aliphatic rings. The number of carbonyl (C=O) groups is 1. The van der Waals surface area contributed by atoms with E-state index in [0.29, 0.717) is 42.5 Å². The summed E-state index contributed by atoms with van der Waals surface area (Å²) in [6.07, 6.45) is -8.24. The average Bonchev–Trinajstić information content (AvgIpc) is 3.11. The summed E-state index contributed by atoms with van der Waals surface area (Å²) in [6, 6.07) is 2.09. The number of piperidine rings is 1. The summed E-state index contributed by atoms with van der Waals surface area (Å²) in [5, 5.41) is 3.32. The third kappa shape index (κ3) is 5.20. The predicted molar refractivity (Wildman–Crippen MR) is 96.8 cm³/mol. The van der Waals surface area contributed by atoms with Gasteiger partial charge in [-0.2, -0.15) is 31.4 Å². The molecule has 0 aliphatic carbocycles. The van der Waals surface area contributed by atoms with E-state index in [9.17, 15) is 31.1 Å². The third-order valence-corrected chi connectivity index (χ3v) is 4.66. The quantitative estimate of drug-likeness (QED) is 0.663. The van der Waals surface area contributed by atoms with Crippen LogP contribution >= 0.6 is 0 Å². The van der Waals surface area contributed by atoms with Crippen LogP contribution in [-0.4, -0.2) is 59.0 Å². The van der Waals surface area contributed by atoms with Crippen molar-refractivity contribution >= 4 is 11.8 Å². The highest BCUT2D eigenvalue weighted by Gasteiger charge is 2.37. The van der Waals surface area contributed by atoms with Crippen LogP contribution in [0.1, 0.15) is 24.1 Å². The number of alkyl halides is 6. The third-order valence-electron chi connectivity index (χ3n) is 4.66. The average molecular weight is 451 g/mol. The fraction of sp³-hybridized carbons (Fsp3) is 0.500. The zero-order chi connectivity index (χ0) is 23.0. The van der Waals surface area contributed by atoms with Crippen molar-refractivity contribution in [2.45, 2.75) is 31.3 Å². The maximum absolute atomic E-state index is 13.0. The number of hydrogen-bond acceptors (Lipinski definition) is 5. The molecule has 0 unspecified atom stereocenters. The summed E-state index contributed by atoms with van der Waals surface area (Å²) in [4.78, 5) is 18.8. The van der Waals surface area contributed by atoms with E-state index in [1.807, 2.05) is 0 Å². The van der Waals surface area contributed by atoms with Crippen LogP contribution in [0.25, 0.3) is 0 Å². The van der Waals surface area contributed by atoms with Gasteiger partial charge in [-0.3, -0.25) is 0 Å². The van der Waals surface area contributed by atoms with Crippen molar-refractivity contribution in [2.24, 2.45) is 0 Å². The van der Waals surface area contributed by atoms with Gasteiger partial charge < -0.3 is 14.5 Å². The van der Waals surface area contributed by atoms with Gasteiger partial charge in [0, 0.05) is 52.3 Å². The molecule has 1 saturated heterocycles. The number of rotatable bonds is 3. The first-order valence-electron chi connectivity index (χ1n) is 9.20. The molecule has 0 radical (unpaired) electrons. The fourth-order valence-corrected chi connectivity index (χ4v) is 3.03. The first-order valence-corrected chi connectivity index (χ1v) is 9.20. The number of anilines is 1. The van der Waals surface area contributed by atoms with E-state index in [1.165, 1.54) is 20.2 Å². The van der Waals surface area contributed by atoms with Crippen molar-refractivity contribution in [3.8, 4) is 5.88 Å². The number of aromatic nitrogens is 3. The number of pyridine rings is 1. The minimum atomic E-state index is -4.74. The largest absolute Gasteiger partial charge is 0.474 e. The molecular formula is C18H19F6N5O2. The van der Waals surface area contributed by atoms with Crippen molar-refractivity contribution in [1.29, 1.82) is 0 Å². The van der Waals surface area contributed by atoms with Gasteiger partial charge in [-0.1, -0.05) is 0 Å². The van der Waals surface area contributed by atoms with Gasteiger partial charge in [-0.05, 0) is 12.1 Å². The molecule has 3 heterocycles. The fourth-order valence-electron chi connectivity index (χ4n) is 3.03. The second-order valence-electron chi connectivity index (χ2n) is 7.16. The lowest BCUT2D eigenvalue weighted by Gasteiger charge is -2.33. The van der Waals surface area contributed by atoms with Gasteiger partial charge in [-0.25, -0.2) is 9.78 Å². The van der Waals surface area contributed by atoms with Gasteiger partial charge >= 0.3 is 18.4 Å². The maximum atomic E-state index is 13.0. The van der Waals surface area contributed by atoms with Crippen molar-refractivity contribution in [1.82, 2.24) is 19.7 Å². The number of amides is 1. The maximum Gasteiger partial charge on any atom is 0.435 e. The predicted octanol–water partition coefficient (Wildman–Crippen LogP) is 3.89. The van der Waals surface area contributed by atoms with Crippen molar-refractivity contribution < 1.29 is 35.9 Å². The smallest absolute Gasteiger partial charge is 0.435 e. The molecule has 0 N–H and O–H groups in total. The van der Waals surface area contributed by atoms with E-state index in [4.69, 9.17) is 4.74 Å². The van der Waals surface area contributed by atoms with Gasteiger partial charge in [0.05, 0.1) is 5.56 Å². The molecule has 0 spiro atoms. The number of hydrogen-bond donors (Lipinski definition) is 0. The monoisotopic (exact) mass is 451 g/mol. The minimum Gasteiger partial charge on any atom is -0.474 e. The lowest BCUT2D eigenvalue weighted by Crippen LogP contribution is -2.39. The minimum absolute atomic E-state index is 0.322. The molecule has 170 valence electrons. The summed E-state index contributed by atoms with van der Waals surface area (Å²) >= 11 is 0. The Balaban J connectivity index is 1.68. The van der Waals surface area contributed by atoms with Crippen LogP contribution in [0.5, 0.6) is 5.88 Å². The Labute approximate surface area is 173 Å². The lowest BCUT2D eigenvalue weighted by molar-refractivity contribution is -0.141. The van der Waals surface area contributed by atoms with Crippen LogP contribution in [0.3, 0.4) is 0 Å². The Hall–Kier alpha value is -2.99. The summed E-state index contributed by atoms with van der Waals surface area (Å²) in [5.74, 6) is 0.0377. The summed E-state index contributed by atoms with van der Waals surface area (Å²) in [6.45, 7) is 0.732. The van der Waals surface area contributed by atoms with E-state index >= 15 is 0 Å². The highest BCUT2D eigenvalue weighted by molar-refractivity contribution is 5.77. The zero-order valence-electron chi connectivity index (χ0n) is 16.5. The standard InChI is InChI=1S/C18H19F6N5O2/c1-27(2)16(30)29-15(9-13(26-29)18(22,23)24)31-12-5-7-28(8-6-12)14-4-3-11(10-25-14)17(19,20)21/h3-4,9-10,12H,5-8H2,1-2H3. The molecule has 1 aliphatic heterocycles. The van der Waals surface area contributed by atoms with Gasteiger partial charge in [0.2, 0.25) is 5.88 Å². The van der Waals surface area contributed by atoms with Crippen molar-refractivity contribution in [3.05, 3.63) is 35.7 Å². The van der Waals surface area contributed by atoms with Gasteiger partial charge in [0.1, 0.15) is 11.9 Å². The van der Waals surface area contributed by atoms with Crippen LogP contribution in [-0.2, 0) is 12.4 Å². The molecule has 13 heteroatoms. The van der Waals surface area contributed by atoms with Gasteiger partial charge in [0.15, 0.2) is 5.69 Å². The second-order valence-corrected chi connectivity index (χ2v) is 7.16. The highest BCUT2D eigenvalue weighted by Crippen LogP contribution is 2.33. The second kappa shape index (κ2) is 8.27. The Kier molecular flexibility index (Phi) is 6.05. The molecule has 31 heavy (non-hydrogen) atoms. The molecular weight excluding hydrogens is 432 g/mol. The number of ether oxygens (including phenoxy) is 1. The number of halogens is 6. The van der Waals surface area contributed by atoms with Crippen LogP contribution in [0.4, 0.5) is 37.0 Å². The Morgan fingerprint density at radius 1 is 1.10 bits per heavy atom. The van der Waals surface area contributed by atoms with E-state index in [1.54, 1.807) is 4.90 Å². The molecule has 0 saturated carbocycles. The van der Waals surface area contributed by atoms with Crippen LogP contribution in [0, 0.1) is 0 Å². The molecule has 3 rings (SSSR count). The molecule has 2 aromatic rings.